The van der Waals surface area contributed by atoms with Crippen LogP contribution >= 0.6 is 11.6 Å². The first-order valence-electron chi connectivity index (χ1n) is 10.4. The number of sulfonamides is 1. The highest BCUT2D eigenvalue weighted by atomic mass is 35.5. The molecule has 0 saturated carbocycles. The van der Waals surface area contributed by atoms with Gasteiger partial charge in [-0.15, -0.1) is 0 Å². The highest BCUT2D eigenvalue weighted by Gasteiger charge is 2.44. The topological polar surface area (TPSA) is 92.3 Å². The van der Waals surface area contributed by atoms with E-state index in [1.54, 1.807) is 19.2 Å². The first-order chi connectivity index (χ1) is 15.4. The quantitative estimate of drug-likeness (QED) is 0.619. The predicted octanol–water partition coefficient (Wildman–Crippen LogP) is 3.26. The van der Waals surface area contributed by atoms with E-state index in [0.29, 0.717) is 44.1 Å². The molecule has 1 saturated heterocycles. The smallest absolute Gasteiger partial charge is 0.246 e. The Bertz CT molecular complexity index is 1110. The summed E-state index contributed by atoms with van der Waals surface area (Å²) in [7, 11) is -0.662. The van der Waals surface area contributed by atoms with E-state index in [2.05, 4.69) is 10.6 Å². The van der Waals surface area contributed by atoms with Gasteiger partial charge >= 0.3 is 0 Å². The van der Waals surface area contributed by atoms with Crippen LogP contribution < -0.4 is 15.4 Å². The summed E-state index contributed by atoms with van der Waals surface area (Å²) in [6.45, 7) is 1.82. The molecule has 8 nitrogen and oxygen atoms in total. The third kappa shape index (κ3) is 4.30. The molecule has 0 radical (unpaired) electrons. The third-order valence-corrected chi connectivity index (χ3v) is 8.04. The molecule has 0 bridgehead atoms. The molecule has 0 aliphatic carbocycles. The van der Waals surface area contributed by atoms with E-state index >= 15 is 0 Å². The molecule has 1 spiro atoms. The molecule has 0 unspecified atom stereocenters. The molecular weight excluding hydrogens is 452 g/mol. The lowest BCUT2D eigenvalue weighted by Gasteiger charge is -2.45. The molecule has 2 aromatic rings. The number of anilines is 1. The van der Waals surface area contributed by atoms with Crippen LogP contribution in [0.4, 0.5) is 11.4 Å². The lowest BCUT2D eigenvalue weighted by molar-refractivity contribution is 0.203. The fraction of sp³-hybridized carbons (Fsp3) is 0.409. The highest BCUT2D eigenvalue weighted by Crippen LogP contribution is 2.39. The average Bonchev–Trinajstić information content (AvgIpc) is 2.80. The second-order valence-electron chi connectivity index (χ2n) is 7.80. The number of rotatable bonds is 6. The van der Waals surface area contributed by atoms with Crippen molar-refractivity contribution < 1.29 is 17.9 Å². The third-order valence-electron chi connectivity index (χ3n) is 5.88. The van der Waals surface area contributed by atoms with Crippen LogP contribution in [-0.2, 0) is 14.8 Å². The molecule has 2 heterocycles. The molecule has 0 aromatic heterocycles. The number of amidine groups is 1. The maximum Gasteiger partial charge on any atom is 0.246 e. The van der Waals surface area contributed by atoms with Crippen molar-refractivity contribution in [3.8, 4) is 5.75 Å². The lowest BCUT2D eigenvalue weighted by Crippen LogP contribution is -2.60. The van der Waals surface area contributed by atoms with E-state index in [1.807, 2.05) is 24.3 Å². The molecule has 4 rings (SSSR count). The van der Waals surface area contributed by atoms with Gasteiger partial charge in [0.25, 0.3) is 0 Å². The van der Waals surface area contributed by atoms with Gasteiger partial charge in [0.05, 0.1) is 30.6 Å². The van der Waals surface area contributed by atoms with Crippen molar-refractivity contribution in [1.82, 2.24) is 9.62 Å². The summed E-state index contributed by atoms with van der Waals surface area (Å²) >= 11 is 6.08. The molecular formula is C22H27ClN4O4S. The van der Waals surface area contributed by atoms with Crippen molar-refractivity contribution in [2.45, 2.75) is 23.3 Å². The molecule has 0 amide bonds. The molecule has 0 atom stereocenters. The van der Waals surface area contributed by atoms with Gasteiger partial charge in [0.1, 0.15) is 16.5 Å². The Hall–Kier alpha value is -2.33. The Morgan fingerprint density at radius 2 is 1.94 bits per heavy atom. The monoisotopic (exact) mass is 478 g/mol. The van der Waals surface area contributed by atoms with Crippen molar-refractivity contribution in [1.29, 1.82) is 0 Å². The van der Waals surface area contributed by atoms with Crippen molar-refractivity contribution in [3.63, 3.8) is 0 Å². The molecule has 10 heteroatoms. The van der Waals surface area contributed by atoms with Crippen LogP contribution in [0, 0.1) is 0 Å². The second-order valence-corrected chi connectivity index (χ2v) is 10.1. The fourth-order valence-corrected chi connectivity index (χ4v) is 6.02. The average molecular weight is 479 g/mol. The number of aliphatic imine (C=N–C) groups is 1. The Morgan fingerprint density at radius 1 is 1.19 bits per heavy atom. The van der Waals surface area contributed by atoms with Crippen LogP contribution in [-0.4, -0.2) is 64.6 Å². The van der Waals surface area contributed by atoms with Gasteiger partial charge in [0.15, 0.2) is 0 Å². The molecule has 1 fully saturated rings. The largest absolute Gasteiger partial charge is 0.495 e. The predicted molar refractivity (Wildman–Crippen MR) is 126 cm³/mol. The number of fused-ring (bicyclic) bond motifs is 1. The summed E-state index contributed by atoms with van der Waals surface area (Å²) in [5.74, 6) is 1.09. The Balaban J connectivity index is 1.59. The maximum absolute atomic E-state index is 13.4. The van der Waals surface area contributed by atoms with Crippen LogP contribution in [0.25, 0.3) is 0 Å². The summed E-state index contributed by atoms with van der Waals surface area (Å²) in [4.78, 5) is 4.94. The van der Waals surface area contributed by atoms with E-state index in [0.717, 1.165) is 17.2 Å². The van der Waals surface area contributed by atoms with Gasteiger partial charge in [0, 0.05) is 31.8 Å². The van der Waals surface area contributed by atoms with E-state index in [-0.39, 0.29) is 10.6 Å². The SMILES string of the molecule is COCCNC1=Nc2ccccc2NC12CCN(S(=O)(=O)c1cc(Cl)ccc1OC)CC2. The van der Waals surface area contributed by atoms with E-state index in [4.69, 9.17) is 26.1 Å². The Kier molecular flexibility index (Phi) is 6.62. The molecule has 2 aliphatic heterocycles. The van der Waals surface area contributed by atoms with Crippen LogP contribution in [0.3, 0.4) is 0 Å². The van der Waals surface area contributed by atoms with Gasteiger partial charge in [-0.3, -0.25) is 0 Å². The number of para-hydroxylation sites is 2. The number of hydrogen-bond donors (Lipinski definition) is 2. The fourth-order valence-electron chi connectivity index (χ4n) is 4.16. The van der Waals surface area contributed by atoms with Crippen LogP contribution in [0.5, 0.6) is 5.75 Å². The number of benzene rings is 2. The van der Waals surface area contributed by atoms with Crippen LogP contribution in [0.15, 0.2) is 52.4 Å². The molecule has 32 heavy (non-hydrogen) atoms. The number of nitrogens with zero attached hydrogens (tertiary/aromatic N) is 2. The summed E-state index contributed by atoms with van der Waals surface area (Å²) in [6, 6.07) is 12.5. The van der Waals surface area contributed by atoms with Crippen LogP contribution in [0.1, 0.15) is 12.8 Å². The van der Waals surface area contributed by atoms with Crippen molar-refractivity contribution >= 4 is 38.8 Å². The summed E-state index contributed by atoms with van der Waals surface area (Å²) < 4.78 is 38.7. The Morgan fingerprint density at radius 3 is 2.66 bits per heavy atom. The summed E-state index contributed by atoms with van der Waals surface area (Å²) in [6.07, 6.45) is 1.12. The zero-order valence-corrected chi connectivity index (χ0v) is 19.7. The summed E-state index contributed by atoms with van der Waals surface area (Å²) in [5, 5.41) is 7.37. The van der Waals surface area contributed by atoms with Crippen LogP contribution in [0.2, 0.25) is 5.02 Å². The molecule has 2 N–H and O–H groups in total. The minimum absolute atomic E-state index is 0.0810. The lowest BCUT2D eigenvalue weighted by atomic mass is 9.85. The Labute approximate surface area is 193 Å². The maximum atomic E-state index is 13.4. The second kappa shape index (κ2) is 9.27. The van der Waals surface area contributed by atoms with E-state index in [9.17, 15) is 8.42 Å². The van der Waals surface area contributed by atoms with Gasteiger partial charge in [-0.1, -0.05) is 23.7 Å². The zero-order chi connectivity index (χ0) is 22.8. The molecule has 2 aromatic carbocycles. The van der Waals surface area contributed by atoms with E-state index < -0.39 is 15.6 Å². The first-order valence-corrected chi connectivity index (χ1v) is 12.2. The van der Waals surface area contributed by atoms with E-state index in [1.165, 1.54) is 17.5 Å². The number of ether oxygens (including phenoxy) is 2. The van der Waals surface area contributed by atoms with Gasteiger partial charge in [-0.2, -0.15) is 4.31 Å². The minimum Gasteiger partial charge on any atom is -0.495 e. The normalized spacial score (nSPS) is 17.9. The standard InChI is InChI=1S/C22H27ClN4O4S/c1-30-14-11-24-21-22(26-18-6-4-3-5-17(18)25-21)9-12-27(13-10-22)32(28,29)20-15-16(23)7-8-19(20)31-2/h3-8,15,26H,9-14H2,1-2H3,(H,24,25). The number of halogens is 1. The van der Waals surface area contributed by atoms with Gasteiger partial charge in [0.2, 0.25) is 10.0 Å². The zero-order valence-electron chi connectivity index (χ0n) is 18.1. The summed E-state index contributed by atoms with van der Waals surface area (Å²) in [5.41, 5.74) is 1.32. The highest BCUT2D eigenvalue weighted by molar-refractivity contribution is 7.89. The molecule has 172 valence electrons. The minimum atomic E-state index is -3.77. The van der Waals surface area contributed by atoms with Gasteiger partial charge in [-0.05, 0) is 43.2 Å². The number of nitrogens with one attached hydrogen (secondary N) is 2. The van der Waals surface area contributed by atoms with Gasteiger partial charge < -0.3 is 20.1 Å². The number of hydrogen-bond acceptors (Lipinski definition) is 7. The number of piperidine rings is 1. The number of methoxy groups -OCH3 is 2. The van der Waals surface area contributed by atoms with Gasteiger partial charge in [-0.25, -0.2) is 13.4 Å². The first kappa shape index (κ1) is 22.8. The van der Waals surface area contributed by atoms with Crippen molar-refractivity contribution in [3.05, 3.63) is 47.5 Å². The molecule has 2 aliphatic rings. The van der Waals surface area contributed by atoms with Crippen molar-refractivity contribution in [2.75, 3.05) is 45.8 Å². The van der Waals surface area contributed by atoms with Crippen molar-refractivity contribution in [2.24, 2.45) is 4.99 Å².